The molecule has 0 unspecified atom stereocenters. The van der Waals surface area contributed by atoms with Gasteiger partial charge in [-0.3, -0.25) is 0 Å². The molecule has 0 aliphatic heterocycles. The lowest BCUT2D eigenvalue weighted by molar-refractivity contribution is 1.26. The van der Waals surface area contributed by atoms with Gasteiger partial charge in [0.25, 0.3) is 0 Å². The van der Waals surface area contributed by atoms with Gasteiger partial charge in [-0.15, -0.1) is 0 Å². The summed E-state index contributed by atoms with van der Waals surface area (Å²) in [5.74, 6) is 0. The molecule has 0 saturated carbocycles. The fourth-order valence-corrected chi connectivity index (χ4v) is 15.6. The Morgan fingerprint density at radius 1 is 0.125 bits per heavy atom. The van der Waals surface area contributed by atoms with Crippen LogP contribution >= 0.6 is 0 Å². The van der Waals surface area contributed by atoms with Gasteiger partial charge in [-0.25, -0.2) is 0 Å². The Bertz CT molecular complexity index is 6710. The second-order valence-corrected chi connectivity index (χ2v) is 30.0. The first-order chi connectivity index (χ1) is 59.1. The highest BCUT2D eigenvalue weighted by molar-refractivity contribution is 6.02. The standard InChI is InChI=1S/5C23H19N/c1-18-10-5-8-16-22(18)24(20-13-3-2-4-14-20)23-17-9-12-19-11-6-7-15-21(19)23;1-18-9-7-14-21(17-18)24(20-12-3-2-4-13-20)23-16-8-11-19-10-5-6-15-22(19)23;1-18-8-7-13-22(16-18)24(21-11-3-2-4-12-21)23-15-14-19-9-5-6-10-20(19)17-23;1-18-14-16-21(17-15-18)24(20-10-3-2-4-11-20)23-13-7-9-19-8-5-6-12-22(19)23;1-18-11-14-22(15-12-18)24(21-9-3-2-4-10-21)23-16-13-19-7-5-6-8-20(19)17-23/h5*2-17H,1H3. The lowest BCUT2D eigenvalue weighted by atomic mass is 10.1. The molecule has 5 heteroatoms. The molecule has 0 aromatic heterocycles. The highest BCUT2D eigenvalue weighted by atomic mass is 15.2. The third kappa shape index (κ3) is 18.6. The van der Waals surface area contributed by atoms with Crippen molar-refractivity contribution in [2.75, 3.05) is 24.5 Å². The first-order valence-corrected chi connectivity index (χ1v) is 41.1. The van der Waals surface area contributed by atoms with E-state index in [1.165, 1.54) is 156 Å². The monoisotopic (exact) mass is 1550 g/mol. The summed E-state index contributed by atoms with van der Waals surface area (Å²) in [6.45, 7) is 10.7. The van der Waals surface area contributed by atoms with Gasteiger partial charge in [0.1, 0.15) is 0 Å². The zero-order valence-corrected chi connectivity index (χ0v) is 68.4. The molecular weight excluding hydrogens is 1450 g/mol. The normalized spacial score (nSPS) is 10.7. The van der Waals surface area contributed by atoms with Crippen LogP contribution in [0.25, 0.3) is 53.9 Å². The maximum atomic E-state index is 2.34. The first kappa shape index (κ1) is 78.6. The molecule has 20 rings (SSSR count). The van der Waals surface area contributed by atoms with E-state index in [1.807, 2.05) is 0 Å². The molecule has 0 aliphatic rings. The number of aryl methyl sites for hydroxylation is 5. The molecule has 0 radical (unpaired) electrons. The predicted octanol–water partition coefficient (Wildman–Crippen LogP) is 33.1. The molecule has 0 saturated heterocycles. The Kier molecular flexibility index (Phi) is 24.9. The third-order valence-corrected chi connectivity index (χ3v) is 21.5. The van der Waals surface area contributed by atoms with Crippen molar-refractivity contribution in [3.8, 4) is 0 Å². The maximum absolute atomic E-state index is 2.34. The maximum Gasteiger partial charge on any atom is 0.0540 e. The number of hydrogen-bond acceptors (Lipinski definition) is 5. The predicted molar refractivity (Wildman–Crippen MR) is 517 cm³/mol. The fraction of sp³-hybridized carbons (Fsp3) is 0.0435. The van der Waals surface area contributed by atoms with Gasteiger partial charge in [0.05, 0.1) is 17.1 Å². The van der Waals surface area contributed by atoms with E-state index in [0.717, 1.165) is 11.4 Å². The van der Waals surface area contributed by atoms with Gasteiger partial charge in [-0.05, 0) is 247 Å². The Hall–Kier alpha value is -15.3. The summed E-state index contributed by atoms with van der Waals surface area (Å²) in [7, 11) is 0. The molecule has 0 fully saturated rings. The molecule has 0 bridgehead atoms. The summed E-state index contributed by atoms with van der Waals surface area (Å²) in [5.41, 5.74) is 24.0. The molecule has 580 valence electrons. The number of hydrogen-bond donors (Lipinski definition) is 0. The Morgan fingerprint density at radius 2 is 0.358 bits per heavy atom. The first-order valence-electron chi connectivity index (χ1n) is 41.1. The number of benzene rings is 20. The largest absolute Gasteiger partial charge is 0.310 e. The minimum Gasteiger partial charge on any atom is -0.310 e. The van der Waals surface area contributed by atoms with Crippen LogP contribution in [0.15, 0.2) is 485 Å². The van der Waals surface area contributed by atoms with Crippen LogP contribution in [0, 0.1) is 34.6 Å². The van der Waals surface area contributed by atoms with E-state index >= 15 is 0 Å². The molecule has 0 N–H and O–H groups in total. The smallest absolute Gasteiger partial charge is 0.0540 e. The molecule has 0 aliphatic carbocycles. The van der Waals surface area contributed by atoms with E-state index in [-0.39, 0.29) is 0 Å². The second kappa shape index (κ2) is 38.0. The SMILES string of the molecule is Cc1ccc(N(c2ccccc2)c2ccc3ccccc3c2)cc1.Cc1ccc(N(c2ccccc2)c2cccc3ccccc23)cc1.Cc1cccc(N(c2ccccc2)c2ccc3ccccc3c2)c1.Cc1cccc(N(c2ccccc2)c2cccc3ccccc23)c1.Cc1ccccc1N(c1ccccc1)c1cccc2ccccc12. The van der Waals surface area contributed by atoms with Crippen LogP contribution in [-0.4, -0.2) is 0 Å². The number of fused-ring (bicyclic) bond motifs is 5. The van der Waals surface area contributed by atoms with Crippen LogP contribution in [0.1, 0.15) is 27.8 Å². The number of para-hydroxylation sites is 6. The van der Waals surface area contributed by atoms with Crippen molar-refractivity contribution in [3.05, 3.63) is 513 Å². The summed E-state index contributed by atoms with van der Waals surface area (Å²) in [4.78, 5) is 11.6. The molecule has 0 heterocycles. The molecule has 20 aromatic rings. The molecule has 0 atom stereocenters. The lowest BCUT2D eigenvalue weighted by Crippen LogP contribution is -2.11. The fourth-order valence-electron chi connectivity index (χ4n) is 15.6. The van der Waals surface area contributed by atoms with Crippen LogP contribution in [0.2, 0.25) is 0 Å². The van der Waals surface area contributed by atoms with Gasteiger partial charge in [-0.1, -0.05) is 339 Å². The zero-order chi connectivity index (χ0) is 81.8. The van der Waals surface area contributed by atoms with Crippen LogP contribution in [-0.2, 0) is 0 Å². The van der Waals surface area contributed by atoms with Crippen molar-refractivity contribution in [1.29, 1.82) is 0 Å². The summed E-state index contributed by atoms with van der Waals surface area (Å²) in [5, 5.41) is 12.6. The van der Waals surface area contributed by atoms with Crippen molar-refractivity contribution in [3.63, 3.8) is 0 Å². The molecule has 5 nitrogen and oxygen atoms in total. The minimum atomic E-state index is 1.16. The van der Waals surface area contributed by atoms with Gasteiger partial charge in [0, 0.05) is 84.4 Å². The van der Waals surface area contributed by atoms with E-state index in [1.54, 1.807) is 0 Å². The third-order valence-electron chi connectivity index (χ3n) is 21.5. The van der Waals surface area contributed by atoms with Crippen molar-refractivity contribution in [2.45, 2.75) is 34.6 Å². The Morgan fingerprint density at radius 3 is 0.742 bits per heavy atom. The Balaban J connectivity index is 0.000000112. The minimum absolute atomic E-state index is 1.16. The average Bonchev–Trinajstić information content (AvgIpc) is 0.549. The molecule has 0 spiro atoms. The van der Waals surface area contributed by atoms with Gasteiger partial charge in [0.2, 0.25) is 0 Å². The van der Waals surface area contributed by atoms with E-state index in [4.69, 9.17) is 0 Å². The van der Waals surface area contributed by atoms with E-state index in [0.29, 0.717) is 0 Å². The van der Waals surface area contributed by atoms with Gasteiger partial charge >= 0.3 is 0 Å². The van der Waals surface area contributed by atoms with Gasteiger partial charge < -0.3 is 24.5 Å². The topological polar surface area (TPSA) is 16.2 Å². The number of nitrogens with zero attached hydrogens (tertiary/aromatic N) is 5. The summed E-state index contributed by atoms with van der Waals surface area (Å²) >= 11 is 0. The highest BCUT2D eigenvalue weighted by Gasteiger charge is 2.21. The van der Waals surface area contributed by atoms with Gasteiger partial charge in [0.15, 0.2) is 0 Å². The van der Waals surface area contributed by atoms with Crippen molar-refractivity contribution < 1.29 is 0 Å². The Labute approximate surface area is 706 Å². The summed E-state index contributed by atoms with van der Waals surface area (Å²) < 4.78 is 0. The van der Waals surface area contributed by atoms with Crippen LogP contribution in [0.3, 0.4) is 0 Å². The zero-order valence-electron chi connectivity index (χ0n) is 68.4. The highest BCUT2D eigenvalue weighted by Crippen LogP contribution is 2.44. The van der Waals surface area contributed by atoms with Gasteiger partial charge in [-0.2, -0.15) is 0 Å². The van der Waals surface area contributed by atoms with Crippen molar-refractivity contribution in [2.24, 2.45) is 0 Å². The van der Waals surface area contributed by atoms with E-state index in [9.17, 15) is 0 Å². The van der Waals surface area contributed by atoms with Crippen LogP contribution in [0.5, 0.6) is 0 Å². The molecular formula is C115H95N5. The molecule has 120 heavy (non-hydrogen) atoms. The molecule has 0 amide bonds. The second-order valence-electron chi connectivity index (χ2n) is 30.0. The summed E-state index contributed by atoms with van der Waals surface area (Å²) in [6, 6.07) is 171. The number of anilines is 15. The quantitative estimate of drug-likeness (QED) is 0.101. The van der Waals surface area contributed by atoms with Crippen LogP contribution < -0.4 is 24.5 Å². The number of rotatable bonds is 15. The van der Waals surface area contributed by atoms with Crippen molar-refractivity contribution >= 4 is 139 Å². The average molecular weight is 1550 g/mol. The van der Waals surface area contributed by atoms with Crippen LogP contribution in [0.4, 0.5) is 85.3 Å². The lowest BCUT2D eigenvalue weighted by Gasteiger charge is -2.28. The molecule has 20 aromatic carbocycles. The van der Waals surface area contributed by atoms with E-state index in [2.05, 4.69) is 544 Å². The van der Waals surface area contributed by atoms with Crippen molar-refractivity contribution in [1.82, 2.24) is 0 Å². The van der Waals surface area contributed by atoms with E-state index < -0.39 is 0 Å². The summed E-state index contributed by atoms with van der Waals surface area (Å²) in [6.07, 6.45) is 0.